The molecule has 0 bridgehead atoms. The first kappa shape index (κ1) is 15.9. The van der Waals surface area contributed by atoms with Crippen LogP contribution in [0.5, 0.6) is 5.75 Å². The summed E-state index contributed by atoms with van der Waals surface area (Å²) >= 11 is 1.80. The van der Waals surface area contributed by atoms with Gasteiger partial charge in [-0.15, -0.1) is 11.8 Å². The van der Waals surface area contributed by atoms with E-state index >= 15 is 0 Å². The summed E-state index contributed by atoms with van der Waals surface area (Å²) in [6.07, 6.45) is 0.401. The second-order valence-corrected chi connectivity index (χ2v) is 6.16. The van der Waals surface area contributed by atoms with Gasteiger partial charge >= 0.3 is 0 Å². The first-order valence-corrected chi connectivity index (χ1v) is 8.36. The predicted molar refractivity (Wildman–Crippen MR) is 89.1 cm³/mol. The molecular formula is C18H22O2S. The van der Waals surface area contributed by atoms with Crippen LogP contribution < -0.4 is 4.74 Å². The SMILES string of the molecule is CCCOc1ccc(C(O)c2ccc(SCC)cc2)cc1. The van der Waals surface area contributed by atoms with E-state index in [-0.39, 0.29) is 0 Å². The first-order valence-electron chi connectivity index (χ1n) is 7.38. The summed E-state index contributed by atoms with van der Waals surface area (Å²) in [5.74, 6) is 1.91. The third-order valence-corrected chi connectivity index (χ3v) is 4.07. The summed E-state index contributed by atoms with van der Waals surface area (Å²) in [5, 5.41) is 10.4. The van der Waals surface area contributed by atoms with Gasteiger partial charge in [0.05, 0.1) is 6.61 Å². The van der Waals surface area contributed by atoms with Gasteiger partial charge in [0.15, 0.2) is 0 Å². The maximum Gasteiger partial charge on any atom is 0.119 e. The average molecular weight is 302 g/mol. The molecule has 0 fully saturated rings. The minimum absolute atomic E-state index is 0.592. The molecule has 2 rings (SSSR count). The van der Waals surface area contributed by atoms with Crippen molar-refractivity contribution < 1.29 is 9.84 Å². The van der Waals surface area contributed by atoms with E-state index in [1.165, 1.54) is 4.90 Å². The molecule has 2 nitrogen and oxygen atoms in total. The highest BCUT2D eigenvalue weighted by molar-refractivity contribution is 7.99. The molecule has 0 amide bonds. The second-order valence-electron chi connectivity index (χ2n) is 4.82. The second kappa shape index (κ2) is 8.11. The number of hydrogen-bond acceptors (Lipinski definition) is 3. The molecule has 1 N–H and O–H groups in total. The van der Waals surface area contributed by atoms with Crippen molar-refractivity contribution >= 4 is 11.8 Å². The van der Waals surface area contributed by atoms with Crippen LogP contribution in [-0.2, 0) is 0 Å². The Balaban J connectivity index is 2.06. The molecule has 2 aromatic rings. The zero-order chi connectivity index (χ0) is 15.1. The van der Waals surface area contributed by atoms with E-state index in [1.807, 2.05) is 36.4 Å². The molecule has 2 aromatic carbocycles. The Kier molecular flexibility index (Phi) is 6.15. The summed E-state index contributed by atoms with van der Waals surface area (Å²) in [6.45, 7) is 4.94. The lowest BCUT2D eigenvalue weighted by Gasteiger charge is -2.13. The molecule has 0 saturated heterocycles. The lowest BCUT2D eigenvalue weighted by molar-refractivity contribution is 0.220. The first-order chi connectivity index (χ1) is 10.2. The van der Waals surface area contributed by atoms with Gasteiger partial charge in [-0.25, -0.2) is 0 Å². The van der Waals surface area contributed by atoms with Crippen molar-refractivity contribution in [3.8, 4) is 5.75 Å². The number of thioether (sulfide) groups is 1. The molecule has 0 saturated carbocycles. The van der Waals surface area contributed by atoms with Gasteiger partial charge in [0.25, 0.3) is 0 Å². The smallest absolute Gasteiger partial charge is 0.119 e. The molecule has 0 spiro atoms. The fourth-order valence-electron chi connectivity index (χ4n) is 2.07. The van der Waals surface area contributed by atoms with Gasteiger partial charge in [-0.1, -0.05) is 38.1 Å². The zero-order valence-corrected chi connectivity index (χ0v) is 13.4. The molecule has 0 aliphatic rings. The number of aliphatic hydroxyl groups excluding tert-OH is 1. The van der Waals surface area contributed by atoms with Gasteiger partial charge in [0.2, 0.25) is 0 Å². The molecule has 3 heteroatoms. The highest BCUT2D eigenvalue weighted by Gasteiger charge is 2.10. The number of ether oxygens (including phenoxy) is 1. The predicted octanol–water partition coefficient (Wildman–Crippen LogP) is 4.67. The molecule has 0 aliphatic heterocycles. The molecule has 0 aromatic heterocycles. The van der Waals surface area contributed by atoms with Crippen LogP contribution in [0.3, 0.4) is 0 Å². The highest BCUT2D eigenvalue weighted by Crippen LogP contribution is 2.26. The number of aliphatic hydroxyl groups is 1. The van der Waals surface area contributed by atoms with Crippen molar-refractivity contribution in [2.24, 2.45) is 0 Å². The van der Waals surface area contributed by atoms with E-state index in [9.17, 15) is 5.11 Å². The maximum atomic E-state index is 10.4. The third kappa shape index (κ3) is 4.51. The third-order valence-electron chi connectivity index (χ3n) is 3.18. The van der Waals surface area contributed by atoms with Gasteiger partial charge in [0.1, 0.15) is 11.9 Å². The van der Waals surface area contributed by atoms with Crippen molar-refractivity contribution in [1.29, 1.82) is 0 Å². The summed E-state index contributed by atoms with van der Waals surface area (Å²) < 4.78 is 5.55. The standard InChI is InChI=1S/C18H22O2S/c1-3-13-20-16-9-5-14(6-10-16)18(19)15-7-11-17(12-8-15)21-4-2/h5-12,18-19H,3-4,13H2,1-2H3. The molecule has 112 valence electrons. The minimum atomic E-state index is -0.592. The molecule has 0 aliphatic carbocycles. The molecule has 1 atom stereocenters. The highest BCUT2D eigenvalue weighted by atomic mass is 32.2. The van der Waals surface area contributed by atoms with Crippen molar-refractivity contribution in [2.45, 2.75) is 31.3 Å². The van der Waals surface area contributed by atoms with Gasteiger partial charge in [-0.3, -0.25) is 0 Å². The summed E-state index contributed by atoms with van der Waals surface area (Å²) in [6, 6.07) is 15.8. The quantitative estimate of drug-likeness (QED) is 0.754. The van der Waals surface area contributed by atoms with Crippen molar-refractivity contribution in [3.05, 3.63) is 59.7 Å². The Morgan fingerprint density at radius 1 is 0.952 bits per heavy atom. The lowest BCUT2D eigenvalue weighted by atomic mass is 10.0. The van der Waals surface area contributed by atoms with Crippen LogP contribution in [0.2, 0.25) is 0 Å². The average Bonchev–Trinajstić information content (AvgIpc) is 2.54. The molecule has 1 unspecified atom stereocenters. The monoisotopic (exact) mass is 302 g/mol. The van der Waals surface area contributed by atoms with Gasteiger partial charge in [-0.05, 0) is 47.6 Å². The van der Waals surface area contributed by atoms with E-state index in [0.717, 1.165) is 35.7 Å². The van der Waals surface area contributed by atoms with Crippen LogP contribution in [-0.4, -0.2) is 17.5 Å². The normalized spacial score (nSPS) is 12.1. The number of benzene rings is 2. The summed E-state index contributed by atoms with van der Waals surface area (Å²) in [5.41, 5.74) is 1.80. The molecule has 0 heterocycles. The fourth-order valence-corrected chi connectivity index (χ4v) is 2.73. The lowest BCUT2D eigenvalue weighted by Crippen LogP contribution is -2.00. The Morgan fingerprint density at radius 2 is 1.52 bits per heavy atom. The van der Waals surface area contributed by atoms with Crippen molar-refractivity contribution in [1.82, 2.24) is 0 Å². The molecular weight excluding hydrogens is 280 g/mol. The summed E-state index contributed by atoms with van der Waals surface area (Å²) in [7, 11) is 0. The van der Waals surface area contributed by atoms with Crippen LogP contribution in [0.25, 0.3) is 0 Å². The van der Waals surface area contributed by atoms with Crippen LogP contribution in [0.15, 0.2) is 53.4 Å². The fraction of sp³-hybridized carbons (Fsp3) is 0.333. The molecule has 21 heavy (non-hydrogen) atoms. The van der Waals surface area contributed by atoms with E-state index in [1.54, 1.807) is 11.8 Å². The number of rotatable bonds is 7. The van der Waals surface area contributed by atoms with Gasteiger partial charge < -0.3 is 9.84 Å². The molecule has 0 radical (unpaired) electrons. The van der Waals surface area contributed by atoms with E-state index in [0.29, 0.717) is 0 Å². The number of hydrogen-bond donors (Lipinski definition) is 1. The summed E-state index contributed by atoms with van der Waals surface area (Å²) in [4.78, 5) is 1.23. The van der Waals surface area contributed by atoms with Gasteiger partial charge in [-0.2, -0.15) is 0 Å². The minimum Gasteiger partial charge on any atom is -0.494 e. The van der Waals surface area contributed by atoms with Crippen LogP contribution in [0, 0.1) is 0 Å². The van der Waals surface area contributed by atoms with E-state index in [4.69, 9.17) is 4.74 Å². The van der Waals surface area contributed by atoms with Crippen molar-refractivity contribution in [3.63, 3.8) is 0 Å². The largest absolute Gasteiger partial charge is 0.494 e. The Labute approximate surface area is 131 Å². The van der Waals surface area contributed by atoms with E-state index in [2.05, 4.69) is 26.0 Å². The Bertz CT molecular complexity index is 534. The van der Waals surface area contributed by atoms with Crippen LogP contribution >= 0.6 is 11.8 Å². The zero-order valence-electron chi connectivity index (χ0n) is 12.6. The van der Waals surface area contributed by atoms with Crippen molar-refractivity contribution in [2.75, 3.05) is 12.4 Å². The van der Waals surface area contributed by atoms with Crippen LogP contribution in [0.1, 0.15) is 37.5 Å². The maximum absolute atomic E-state index is 10.4. The Hall–Kier alpha value is -1.45. The van der Waals surface area contributed by atoms with Crippen LogP contribution in [0.4, 0.5) is 0 Å². The van der Waals surface area contributed by atoms with E-state index < -0.39 is 6.10 Å². The van der Waals surface area contributed by atoms with Gasteiger partial charge in [0, 0.05) is 4.90 Å². The topological polar surface area (TPSA) is 29.5 Å². The Morgan fingerprint density at radius 3 is 2.05 bits per heavy atom.